The first kappa shape index (κ1) is 15.1. The molecule has 0 saturated heterocycles. The molecule has 0 amide bonds. The Kier molecular flexibility index (Phi) is 3.98. The number of hydrogen-bond acceptors (Lipinski definition) is 2. The quantitative estimate of drug-likeness (QED) is 0.454. The van der Waals surface area contributed by atoms with Gasteiger partial charge in [-0.1, -0.05) is 54.5 Å². The third-order valence-corrected chi connectivity index (χ3v) is 4.07. The maximum absolute atomic E-state index is 5.78. The van der Waals surface area contributed by atoms with Gasteiger partial charge in [0.25, 0.3) is 0 Å². The van der Waals surface area contributed by atoms with Gasteiger partial charge in [-0.3, -0.25) is 0 Å². The van der Waals surface area contributed by atoms with Gasteiger partial charge < -0.3 is 9.15 Å². The largest absolute Gasteiger partial charge is 0.497 e. The molecule has 0 N–H and O–H groups in total. The van der Waals surface area contributed by atoms with Crippen LogP contribution in [-0.2, 0) is 0 Å². The molecular formula is C23H16O2. The molecule has 0 fully saturated rings. The lowest BCUT2D eigenvalue weighted by atomic mass is 10.00. The summed E-state index contributed by atoms with van der Waals surface area (Å²) in [5.74, 6) is 7.90. The second kappa shape index (κ2) is 6.59. The van der Waals surface area contributed by atoms with E-state index in [1.165, 1.54) is 0 Å². The van der Waals surface area contributed by atoms with Crippen molar-refractivity contribution in [2.24, 2.45) is 0 Å². The molecule has 120 valence electrons. The monoisotopic (exact) mass is 324 g/mol. The van der Waals surface area contributed by atoms with Crippen LogP contribution in [0.4, 0.5) is 0 Å². The minimum Gasteiger partial charge on any atom is -0.497 e. The predicted molar refractivity (Wildman–Crippen MR) is 101 cm³/mol. The Hall–Kier alpha value is -3.44. The summed E-state index contributed by atoms with van der Waals surface area (Å²) < 4.78 is 11.0. The molecule has 0 aliphatic rings. The van der Waals surface area contributed by atoms with E-state index >= 15 is 0 Å². The first-order chi connectivity index (χ1) is 12.3. The van der Waals surface area contributed by atoms with Crippen molar-refractivity contribution in [2.45, 2.75) is 0 Å². The summed E-state index contributed by atoms with van der Waals surface area (Å²) in [7, 11) is 1.67. The normalized spacial score (nSPS) is 10.3. The maximum Gasteiger partial charge on any atom is 0.178 e. The van der Waals surface area contributed by atoms with Gasteiger partial charge in [0.2, 0.25) is 0 Å². The Morgan fingerprint density at radius 1 is 0.800 bits per heavy atom. The lowest BCUT2D eigenvalue weighted by Gasteiger charge is -2.06. The second-order valence-electron chi connectivity index (χ2n) is 5.67. The highest BCUT2D eigenvalue weighted by molar-refractivity contribution is 5.79. The average molecular weight is 324 g/mol. The van der Waals surface area contributed by atoms with Crippen molar-refractivity contribution < 1.29 is 9.15 Å². The minimum atomic E-state index is 0.672. The molecule has 4 aromatic rings. The van der Waals surface area contributed by atoms with E-state index in [1.54, 1.807) is 7.11 Å². The van der Waals surface area contributed by atoms with E-state index in [9.17, 15) is 0 Å². The molecule has 0 bridgehead atoms. The van der Waals surface area contributed by atoms with Gasteiger partial charge in [0.05, 0.1) is 7.11 Å². The van der Waals surface area contributed by atoms with Gasteiger partial charge in [0, 0.05) is 17.0 Å². The number of hydrogen-bond donors (Lipinski definition) is 0. The molecule has 0 radical (unpaired) electrons. The molecule has 25 heavy (non-hydrogen) atoms. The van der Waals surface area contributed by atoms with Crippen molar-refractivity contribution in [1.82, 2.24) is 0 Å². The zero-order valence-corrected chi connectivity index (χ0v) is 13.8. The smallest absolute Gasteiger partial charge is 0.178 e. The third kappa shape index (κ3) is 3.13. The van der Waals surface area contributed by atoms with Gasteiger partial charge in [0.15, 0.2) is 5.76 Å². The van der Waals surface area contributed by atoms with E-state index in [2.05, 4.69) is 17.9 Å². The van der Waals surface area contributed by atoms with Crippen LogP contribution < -0.4 is 4.74 Å². The zero-order chi connectivity index (χ0) is 17.1. The van der Waals surface area contributed by atoms with Crippen LogP contribution in [0.5, 0.6) is 5.75 Å². The number of para-hydroxylation sites is 1. The SMILES string of the molecule is COc1ccc(-c2ccccc2C#Cc2cc3ccccc3o2)cc1. The van der Waals surface area contributed by atoms with Crippen molar-refractivity contribution in [3.63, 3.8) is 0 Å². The van der Waals surface area contributed by atoms with Crippen LogP contribution in [-0.4, -0.2) is 7.11 Å². The lowest BCUT2D eigenvalue weighted by molar-refractivity contribution is 0.415. The Morgan fingerprint density at radius 3 is 2.36 bits per heavy atom. The van der Waals surface area contributed by atoms with Crippen molar-refractivity contribution in [1.29, 1.82) is 0 Å². The van der Waals surface area contributed by atoms with Gasteiger partial charge >= 0.3 is 0 Å². The molecule has 0 aliphatic carbocycles. The van der Waals surface area contributed by atoms with Crippen molar-refractivity contribution in [2.75, 3.05) is 7.11 Å². The lowest BCUT2D eigenvalue weighted by Crippen LogP contribution is -1.86. The molecule has 2 nitrogen and oxygen atoms in total. The van der Waals surface area contributed by atoms with Gasteiger partial charge in [-0.25, -0.2) is 0 Å². The number of fused-ring (bicyclic) bond motifs is 1. The van der Waals surface area contributed by atoms with E-state index in [0.717, 1.165) is 33.4 Å². The Labute approximate surface area is 146 Å². The number of rotatable bonds is 2. The van der Waals surface area contributed by atoms with E-state index in [1.807, 2.05) is 72.8 Å². The first-order valence-electron chi connectivity index (χ1n) is 8.07. The molecule has 2 heteroatoms. The molecule has 0 spiro atoms. The Morgan fingerprint density at radius 2 is 1.56 bits per heavy atom. The number of ether oxygens (including phenoxy) is 1. The van der Waals surface area contributed by atoms with Gasteiger partial charge in [-0.15, -0.1) is 0 Å². The molecule has 0 saturated carbocycles. The highest BCUT2D eigenvalue weighted by atomic mass is 16.5. The Balaban J connectivity index is 1.72. The van der Waals surface area contributed by atoms with Crippen LogP contribution in [0.1, 0.15) is 11.3 Å². The summed E-state index contributed by atoms with van der Waals surface area (Å²) >= 11 is 0. The standard InChI is InChI=1S/C23H16O2/c1-24-20-13-10-18(11-14-20)22-8-4-2-6-17(22)12-15-21-16-19-7-3-5-9-23(19)25-21/h2-11,13-14,16H,1H3. The van der Waals surface area contributed by atoms with Gasteiger partial charge in [0.1, 0.15) is 11.3 Å². The summed E-state index contributed by atoms with van der Waals surface area (Å²) in [6, 6.07) is 26.0. The molecule has 0 unspecified atom stereocenters. The molecule has 4 rings (SSSR count). The summed E-state index contributed by atoms with van der Waals surface area (Å²) in [6.45, 7) is 0. The number of methoxy groups -OCH3 is 1. The predicted octanol–water partition coefficient (Wildman–Crippen LogP) is 5.51. The summed E-state index contributed by atoms with van der Waals surface area (Å²) in [4.78, 5) is 0. The number of benzene rings is 3. The van der Waals surface area contributed by atoms with Crippen LogP contribution >= 0.6 is 0 Å². The minimum absolute atomic E-state index is 0.672. The van der Waals surface area contributed by atoms with E-state index < -0.39 is 0 Å². The fourth-order valence-electron chi connectivity index (χ4n) is 2.79. The number of furan rings is 1. The maximum atomic E-state index is 5.78. The van der Waals surface area contributed by atoms with E-state index in [0.29, 0.717) is 5.76 Å². The van der Waals surface area contributed by atoms with Crippen molar-refractivity contribution >= 4 is 11.0 Å². The average Bonchev–Trinajstić information content (AvgIpc) is 3.10. The van der Waals surface area contributed by atoms with Crippen molar-refractivity contribution in [3.05, 3.63) is 90.2 Å². The molecule has 1 heterocycles. The van der Waals surface area contributed by atoms with E-state index in [-0.39, 0.29) is 0 Å². The fraction of sp³-hybridized carbons (Fsp3) is 0.0435. The molecular weight excluding hydrogens is 308 g/mol. The van der Waals surface area contributed by atoms with Crippen molar-refractivity contribution in [3.8, 4) is 28.7 Å². The van der Waals surface area contributed by atoms with Crippen LogP contribution in [0.3, 0.4) is 0 Å². The summed E-state index contributed by atoms with van der Waals surface area (Å²) in [5, 5.41) is 1.07. The fourth-order valence-corrected chi connectivity index (χ4v) is 2.79. The third-order valence-electron chi connectivity index (χ3n) is 4.07. The van der Waals surface area contributed by atoms with Crippen LogP contribution in [0.25, 0.3) is 22.1 Å². The zero-order valence-electron chi connectivity index (χ0n) is 13.8. The van der Waals surface area contributed by atoms with Gasteiger partial charge in [-0.05, 0) is 41.3 Å². The highest BCUT2D eigenvalue weighted by Gasteiger charge is 2.04. The first-order valence-corrected chi connectivity index (χ1v) is 8.07. The topological polar surface area (TPSA) is 22.4 Å². The molecule has 0 atom stereocenters. The summed E-state index contributed by atoms with van der Waals surface area (Å²) in [6.07, 6.45) is 0. The van der Waals surface area contributed by atoms with Gasteiger partial charge in [-0.2, -0.15) is 0 Å². The van der Waals surface area contributed by atoms with E-state index in [4.69, 9.17) is 9.15 Å². The molecule has 0 aliphatic heterocycles. The van der Waals surface area contributed by atoms with Crippen LogP contribution in [0, 0.1) is 11.8 Å². The molecule has 1 aromatic heterocycles. The highest BCUT2D eigenvalue weighted by Crippen LogP contribution is 2.25. The van der Waals surface area contributed by atoms with Crippen LogP contribution in [0.2, 0.25) is 0 Å². The summed E-state index contributed by atoms with van der Waals surface area (Å²) in [5.41, 5.74) is 4.02. The van der Waals surface area contributed by atoms with Crippen LogP contribution in [0.15, 0.2) is 83.3 Å². The molecule has 3 aromatic carbocycles. The second-order valence-corrected chi connectivity index (χ2v) is 5.67. The Bertz CT molecular complexity index is 1040.